The molecule has 1 N–H and O–H groups in total. The van der Waals surface area contributed by atoms with E-state index in [1.807, 2.05) is 30.3 Å². The van der Waals surface area contributed by atoms with Crippen LogP contribution < -0.4 is 5.32 Å². The standard InChI is InChI=1S/C20H16FNO3/c21-16-10-8-14(9-11-16)12-22-19(23)13-25-20(24)18-7-3-5-15-4-1-2-6-17(15)18/h1-11H,12-13H2,(H,22,23). The van der Waals surface area contributed by atoms with E-state index in [0.717, 1.165) is 16.3 Å². The van der Waals surface area contributed by atoms with E-state index >= 15 is 0 Å². The summed E-state index contributed by atoms with van der Waals surface area (Å²) < 4.78 is 17.9. The number of carbonyl (C=O) groups excluding carboxylic acids is 2. The van der Waals surface area contributed by atoms with E-state index in [-0.39, 0.29) is 19.0 Å². The highest BCUT2D eigenvalue weighted by molar-refractivity contribution is 6.04. The Kier molecular flexibility index (Phi) is 5.04. The molecule has 0 fully saturated rings. The predicted octanol–water partition coefficient (Wildman–Crippen LogP) is 3.45. The van der Waals surface area contributed by atoms with Crippen LogP contribution in [0.3, 0.4) is 0 Å². The molecule has 1 amide bonds. The Bertz CT molecular complexity index is 901. The summed E-state index contributed by atoms with van der Waals surface area (Å²) in [4.78, 5) is 24.1. The molecular weight excluding hydrogens is 321 g/mol. The van der Waals surface area contributed by atoms with Crippen molar-refractivity contribution in [2.24, 2.45) is 0 Å². The molecule has 3 aromatic rings. The Morgan fingerprint density at radius 2 is 1.64 bits per heavy atom. The summed E-state index contributed by atoms with van der Waals surface area (Å²) in [5.74, 6) is -1.30. The molecule has 0 heterocycles. The van der Waals surface area contributed by atoms with Gasteiger partial charge in [0.1, 0.15) is 5.82 Å². The maximum atomic E-state index is 12.8. The Balaban J connectivity index is 1.56. The first-order chi connectivity index (χ1) is 12.1. The summed E-state index contributed by atoms with van der Waals surface area (Å²) >= 11 is 0. The summed E-state index contributed by atoms with van der Waals surface area (Å²) in [6, 6.07) is 18.6. The molecule has 5 heteroatoms. The van der Waals surface area contributed by atoms with Gasteiger partial charge in [0.2, 0.25) is 0 Å². The van der Waals surface area contributed by atoms with Gasteiger partial charge in [0, 0.05) is 6.54 Å². The normalized spacial score (nSPS) is 10.4. The number of ether oxygens (including phenoxy) is 1. The Morgan fingerprint density at radius 3 is 2.44 bits per heavy atom. The molecule has 0 aliphatic rings. The first-order valence-electron chi connectivity index (χ1n) is 7.79. The van der Waals surface area contributed by atoms with E-state index < -0.39 is 11.9 Å². The number of rotatable bonds is 5. The van der Waals surface area contributed by atoms with Crippen molar-refractivity contribution in [3.8, 4) is 0 Å². The largest absolute Gasteiger partial charge is 0.452 e. The lowest BCUT2D eigenvalue weighted by Gasteiger charge is -2.08. The van der Waals surface area contributed by atoms with Crippen molar-refractivity contribution < 1.29 is 18.7 Å². The zero-order valence-corrected chi connectivity index (χ0v) is 13.4. The lowest BCUT2D eigenvalue weighted by molar-refractivity contribution is -0.124. The van der Waals surface area contributed by atoms with Gasteiger partial charge in [-0.1, -0.05) is 48.5 Å². The van der Waals surface area contributed by atoms with Crippen LogP contribution in [0.25, 0.3) is 10.8 Å². The average Bonchev–Trinajstić information content (AvgIpc) is 2.65. The van der Waals surface area contributed by atoms with E-state index in [1.54, 1.807) is 24.3 Å². The van der Waals surface area contributed by atoms with Crippen molar-refractivity contribution in [1.82, 2.24) is 5.32 Å². The van der Waals surface area contributed by atoms with Gasteiger partial charge < -0.3 is 10.1 Å². The molecule has 25 heavy (non-hydrogen) atoms. The predicted molar refractivity (Wildman–Crippen MR) is 92.5 cm³/mol. The van der Waals surface area contributed by atoms with Gasteiger partial charge in [-0.25, -0.2) is 9.18 Å². The molecular formula is C20H16FNO3. The summed E-state index contributed by atoms with van der Waals surface area (Å²) in [6.45, 7) is -0.131. The molecule has 126 valence electrons. The molecule has 0 aliphatic carbocycles. The molecule has 0 aromatic heterocycles. The number of halogens is 1. The van der Waals surface area contributed by atoms with Crippen molar-refractivity contribution in [3.63, 3.8) is 0 Å². The fraction of sp³-hybridized carbons (Fsp3) is 0.100. The second-order valence-electron chi connectivity index (χ2n) is 5.51. The van der Waals surface area contributed by atoms with Crippen molar-refractivity contribution in [2.75, 3.05) is 6.61 Å². The first-order valence-corrected chi connectivity index (χ1v) is 7.79. The van der Waals surface area contributed by atoms with E-state index in [0.29, 0.717) is 5.56 Å². The molecule has 4 nitrogen and oxygen atoms in total. The maximum absolute atomic E-state index is 12.8. The minimum Gasteiger partial charge on any atom is -0.452 e. The Morgan fingerprint density at radius 1 is 0.920 bits per heavy atom. The molecule has 0 saturated carbocycles. The van der Waals surface area contributed by atoms with Crippen molar-refractivity contribution in [3.05, 3.63) is 83.7 Å². The number of esters is 1. The second-order valence-corrected chi connectivity index (χ2v) is 5.51. The number of hydrogen-bond donors (Lipinski definition) is 1. The zero-order chi connectivity index (χ0) is 17.6. The van der Waals surface area contributed by atoms with E-state index in [2.05, 4.69) is 5.32 Å². The monoisotopic (exact) mass is 337 g/mol. The van der Waals surface area contributed by atoms with Crippen molar-refractivity contribution >= 4 is 22.6 Å². The smallest absolute Gasteiger partial charge is 0.339 e. The third-order valence-corrected chi connectivity index (χ3v) is 3.75. The first kappa shape index (κ1) is 16.6. The number of fused-ring (bicyclic) bond motifs is 1. The average molecular weight is 337 g/mol. The Hall–Kier alpha value is -3.21. The zero-order valence-electron chi connectivity index (χ0n) is 13.4. The summed E-state index contributed by atoms with van der Waals surface area (Å²) in [6.07, 6.45) is 0. The second kappa shape index (κ2) is 7.57. The van der Waals surface area contributed by atoms with Crippen LogP contribution >= 0.6 is 0 Å². The van der Waals surface area contributed by atoms with Crippen LogP contribution in [0.2, 0.25) is 0 Å². The lowest BCUT2D eigenvalue weighted by atomic mass is 10.1. The number of nitrogens with one attached hydrogen (secondary N) is 1. The lowest BCUT2D eigenvalue weighted by Crippen LogP contribution is -2.28. The summed E-state index contributed by atoms with van der Waals surface area (Å²) in [7, 11) is 0. The fourth-order valence-electron chi connectivity index (χ4n) is 2.47. The van der Waals surface area contributed by atoms with Gasteiger partial charge in [-0.2, -0.15) is 0 Å². The van der Waals surface area contributed by atoms with Crippen LogP contribution in [-0.4, -0.2) is 18.5 Å². The molecule has 3 rings (SSSR count). The third-order valence-electron chi connectivity index (χ3n) is 3.75. The van der Waals surface area contributed by atoms with Gasteiger partial charge in [-0.15, -0.1) is 0 Å². The molecule has 3 aromatic carbocycles. The summed E-state index contributed by atoms with van der Waals surface area (Å²) in [5.41, 5.74) is 1.18. The Labute approximate surface area is 144 Å². The van der Waals surface area contributed by atoms with E-state index in [9.17, 15) is 14.0 Å². The highest BCUT2D eigenvalue weighted by atomic mass is 19.1. The van der Waals surface area contributed by atoms with Crippen LogP contribution in [0.5, 0.6) is 0 Å². The molecule has 0 saturated heterocycles. The van der Waals surface area contributed by atoms with Crippen LogP contribution in [0.15, 0.2) is 66.7 Å². The van der Waals surface area contributed by atoms with E-state index in [4.69, 9.17) is 4.74 Å². The highest BCUT2D eigenvalue weighted by Gasteiger charge is 2.13. The highest BCUT2D eigenvalue weighted by Crippen LogP contribution is 2.19. The topological polar surface area (TPSA) is 55.4 Å². The van der Waals surface area contributed by atoms with Gasteiger partial charge in [-0.3, -0.25) is 4.79 Å². The van der Waals surface area contributed by atoms with Crippen LogP contribution in [0.1, 0.15) is 15.9 Å². The van der Waals surface area contributed by atoms with Gasteiger partial charge >= 0.3 is 5.97 Å². The third kappa shape index (κ3) is 4.20. The van der Waals surface area contributed by atoms with Crippen molar-refractivity contribution in [2.45, 2.75) is 6.54 Å². The quantitative estimate of drug-likeness (QED) is 0.726. The van der Waals surface area contributed by atoms with Gasteiger partial charge in [0.15, 0.2) is 6.61 Å². The molecule has 0 bridgehead atoms. The molecule has 0 radical (unpaired) electrons. The minimum atomic E-state index is -0.547. The summed E-state index contributed by atoms with van der Waals surface area (Å²) in [5, 5.41) is 4.33. The number of hydrogen-bond acceptors (Lipinski definition) is 3. The van der Waals surface area contributed by atoms with Gasteiger partial charge in [0.05, 0.1) is 5.56 Å². The molecule has 0 atom stereocenters. The van der Waals surface area contributed by atoms with Crippen LogP contribution in [-0.2, 0) is 16.1 Å². The minimum absolute atomic E-state index is 0.241. The maximum Gasteiger partial charge on any atom is 0.339 e. The van der Waals surface area contributed by atoms with Crippen LogP contribution in [0, 0.1) is 5.82 Å². The van der Waals surface area contributed by atoms with Gasteiger partial charge in [-0.05, 0) is 34.5 Å². The molecule has 0 spiro atoms. The SMILES string of the molecule is O=C(COC(=O)c1cccc2ccccc12)NCc1ccc(F)cc1. The van der Waals surface area contributed by atoms with E-state index in [1.165, 1.54) is 12.1 Å². The van der Waals surface area contributed by atoms with Gasteiger partial charge in [0.25, 0.3) is 5.91 Å². The number of benzene rings is 3. The van der Waals surface area contributed by atoms with Crippen molar-refractivity contribution in [1.29, 1.82) is 0 Å². The fourth-order valence-corrected chi connectivity index (χ4v) is 2.47. The number of amides is 1. The molecule has 0 unspecified atom stereocenters. The van der Waals surface area contributed by atoms with Crippen LogP contribution in [0.4, 0.5) is 4.39 Å². The molecule has 0 aliphatic heterocycles. The number of carbonyl (C=O) groups is 2.